The third-order valence-electron chi connectivity index (χ3n) is 3.93. The fourth-order valence-corrected chi connectivity index (χ4v) is 1.94. The molecular weight excluding hydrogens is 262 g/mol. The zero-order valence-electron chi connectivity index (χ0n) is 12.8. The van der Waals surface area contributed by atoms with E-state index in [0.717, 1.165) is 39.3 Å². The number of nitrogens with one attached hydrogen (secondary N) is 2. The minimum atomic E-state index is 0. The number of nitrogens with zero attached hydrogens (tertiary/aromatic N) is 1. The average Bonchev–Trinajstić information content (AvgIpc) is 2.29. The molecule has 1 unspecified atom stereocenters. The summed E-state index contributed by atoms with van der Waals surface area (Å²) < 4.78 is 0. The van der Waals surface area contributed by atoms with Gasteiger partial charge in [-0.15, -0.1) is 12.4 Å². The number of carbonyl (C=O) groups is 1. The molecule has 1 atom stereocenters. The molecule has 0 aliphatic carbocycles. The molecule has 19 heavy (non-hydrogen) atoms. The number of halogens is 1. The first-order valence-electron chi connectivity index (χ1n) is 7.09. The van der Waals surface area contributed by atoms with Gasteiger partial charge in [-0.05, 0) is 11.3 Å². The number of amides is 1. The van der Waals surface area contributed by atoms with Crippen molar-refractivity contribution in [1.82, 2.24) is 15.5 Å². The molecule has 114 valence electrons. The van der Waals surface area contributed by atoms with Gasteiger partial charge in [0.1, 0.15) is 0 Å². The monoisotopic (exact) mass is 291 g/mol. The van der Waals surface area contributed by atoms with Crippen LogP contribution in [-0.2, 0) is 4.79 Å². The predicted molar refractivity (Wildman–Crippen MR) is 82.8 cm³/mol. The number of rotatable bonds is 5. The van der Waals surface area contributed by atoms with Crippen LogP contribution in [0.15, 0.2) is 0 Å². The lowest BCUT2D eigenvalue weighted by molar-refractivity contribution is -0.122. The van der Waals surface area contributed by atoms with Crippen LogP contribution in [0.1, 0.15) is 34.1 Å². The van der Waals surface area contributed by atoms with E-state index in [1.54, 1.807) is 0 Å². The van der Waals surface area contributed by atoms with Crippen LogP contribution in [0.5, 0.6) is 0 Å². The highest BCUT2D eigenvalue weighted by atomic mass is 35.5. The normalized spacial score (nSPS) is 18.5. The van der Waals surface area contributed by atoms with Crippen molar-refractivity contribution in [3.8, 4) is 0 Å². The lowest BCUT2D eigenvalue weighted by atomic mass is 9.80. The molecule has 0 aromatic rings. The van der Waals surface area contributed by atoms with Gasteiger partial charge in [-0.2, -0.15) is 0 Å². The van der Waals surface area contributed by atoms with Gasteiger partial charge in [-0.25, -0.2) is 0 Å². The minimum Gasteiger partial charge on any atom is -0.355 e. The lowest BCUT2D eigenvalue weighted by Crippen LogP contribution is -2.46. The summed E-state index contributed by atoms with van der Waals surface area (Å²) in [6.07, 6.45) is 0.630. The van der Waals surface area contributed by atoms with Gasteiger partial charge in [0.2, 0.25) is 5.91 Å². The highest BCUT2D eigenvalue weighted by molar-refractivity contribution is 5.85. The van der Waals surface area contributed by atoms with Crippen molar-refractivity contribution < 1.29 is 4.79 Å². The largest absolute Gasteiger partial charge is 0.355 e. The number of hydrogen-bond acceptors (Lipinski definition) is 3. The standard InChI is InChI=1S/C14H29N3O.ClH/c1-12(14(2,3)4)11-13(18)16-7-10-17-8-5-15-6-9-17;/h12,15H,5-11H2,1-4H3,(H,16,18);1H. The third kappa shape index (κ3) is 7.75. The Labute approximate surface area is 124 Å². The highest BCUT2D eigenvalue weighted by Crippen LogP contribution is 2.27. The van der Waals surface area contributed by atoms with Crippen LogP contribution < -0.4 is 10.6 Å². The van der Waals surface area contributed by atoms with Crippen LogP contribution >= 0.6 is 12.4 Å². The Morgan fingerprint density at radius 3 is 2.42 bits per heavy atom. The molecule has 0 saturated carbocycles. The summed E-state index contributed by atoms with van der Waals surface area (Å²) in [5.74, 6) is 0.601. The van der Waals surface area contributed by atoms with Gasteiger partial charge in [0.15, 0.2) is 0 Å². The summed E-state index contributed by atoms with van der Waals surface area (Å²) in [4.78, 5) is 14.2. The molecule has 5 heteroatoms. The molecule has 0 spiro atoms. The molecule has 2 N–H and O–H groups in total. The molecule has 0 radical (unpaired) electrons. The first-order valence-corrected chi connectivity index (χ1v) is 7.09. The molecule has 1 saturated heterocycles. The summed E-state index contributed by atoms with van der Waals surface area (Å²) in [5.41, 5.74) is 0.204. The van der Waals surface area contributed by atoms with Crippen molar-refractivity contribution in [2.24, 2.45) is 11.3 Å². The first kappa shape index (κ1) is 18.7. The van der Waals surface area contributed by atoms with Crippen LogP contribution in [0, 0.1) is 11.3 Å². The van der Waals surface area contributed by atoms with E-state index < -0.39 is 0 Å². The summed E-state index contributed by atoms with van der Waals surface area (Å²) >= 11 is 0. The third-order valence-corrected chi connectivity index (χ3v) is 3.93. The van der Waals surface area contributed by atoms with Gasteiger partial charge in [-0.1, -0.05) is 27.7 Å². The lowest BCUT2D eigenvalue weighted by Gasteiger charge is -2.28. The van der Waals surface area contributed by atoms with E-state index >= 15 is 0 Å². The van der Waals surface area contributed by atoms with Gasteiger partial charge in [0.25, 0.3) is 0 Å². The van der Waals surface area contributed by atoms with E-state index in [4.69, 9.17) is 0 Å². The van der Waals surface area contributed by atoms with E-state index in [2.05, 4.69) is 43.2 Å². The molecule has 1 fully saturated rings. The Morgan fingerprint density at radius 1 is 1.32 bits per heavy atom. The first-order chi connectivity index (χ1) is 8.39. The van der Waals surface area contributed by atoms with Crippen LogP contribution in [0.25, 0.3) is 0 Å². The van der Waals surface area contributed by atoms with Crippen molar-refractivity contribution in [2.45, 2.75) is 34.1 Å². The van der Waals surface area contributed by atoms with Gasteiger partial charge >= 0.3 is 0 Å². The maximum absolute atomic E-state index is 11.8. The van der Waals surface area contributed by atoms with E-state index in [1.807, 2.05) is 0 Å². The number of hydrogen-bond donors (Lipinski definition) is 2. The Kier molecular flexibility index (Phi) is 8.62. The highest BCUT2D eigenvalue weighted by Gasteiger charge is 2.22. The second-order valence-electron chi connectivity index (χ2n) is 6.41. The van der Waals surface area contributed by atoms with Crippen LogP contribution in [0.4, 0.5) is 0 Å². The van der Waals surface area contributed by atoms with Gasteiger partial charge in [0.05, 0.1) is 0 Å². The fourth-order valence-electron chi connectivity index (χ4n) is 1.94. The van der Waals surface area contributed by atoms with Crippen molar-refractivity contribution in [3.05, 3.63) is 0 Å². The Morgan fingerprint density at radius 2 is 1.89 bits per heavy atom. The Hall–Kier alpha value is -0.320. The zero-order valence-corrected chi connectivity index (χ0v) is 13.6. The summed E-state index contributed by atoms with van der Waals surface area (Å²) in [7, 11) is 0. The van der Waals surface area contributed by atoms with E-state index in [1.165, 1.54) is 0 Å². The Bertz CT molecular complexity index is 260. The average molecular weight is 292 g/mol. The molecule has 1 amide bonds. The topological polar surface area (TPSA) is 44.4 Å². The number of piperazine rings is 1. The second-order valence-corrected chi connectivity index (χ2v) is 6.41. The molecular formula is C14H30ClN3O. The quantitative estimate of drug-likeness (QED) is 0.807. The zero-order chi connectivity index (χ0) is 13.6. The van der Waals surface area contributed by atoms with E-state index in [-0.39, 0.29) is 23.7 Å². The van der Waals surface area contributed by atoms with Gasteiger partial charge in [-0.3, -0.25) is 9.69 Å². The summed E-state index contributed by atoms with van der Waals surface area (Å²) in [5, 5.41) is 6.36. The molecule has 4 nitrogen and oxygen atoms in total. The molecule has 1 heterocycles. The second kappa shape index (κ2) is 8.77. The van der Waals surface area contributed by atoms with Crippen LogP contribution in [0.3, 0.4) is 0 Å². The summed E-state index contributed by atoms with van der Waals surface area (Å²) in [6, 6.07) is 0. The molecule has 1 aliphatic heterocycles. The molecule has 1 aliphatic rings. The van der Waals surface area contributed by atoms with Crippen LogP contribution in [0.2, 0.25) is 0 Å². The minimum absolute atomic E-state index is 0. The van der Waals surface area contributed by atoms with E-state index in [9.17, 15) is 4.79 Å². The van der Waals surface area contributed by atoms with Crippen molar-refractivity contribution >= 4 is 18.3 Å². The van der Waals surface area contributed by atoms with Crippen molar-refractivity contribution in [1.29, 1.82) is 0 Å². The molecule has 1 rings (SSSR count). The Balaban J connectivity index is 0.00000324. The number of carbonyl (C=O) groups excluding carboxylic acids is 1. The summed E-state index contributed by atoms with van der Waals surface area (Å²) in [6.45, 7) is 14.8. The maximum Gasteiger partial charge on any atom is 0.220 e. The SMILES string of the molecule is CC(CC(=O)NCCN1CCNCC1)C(C)(C)C.Cl. The smallest absolute Gasteiger partial charge is 0.220 e. The fraction of sp³-hybridized carbons (Fsp3) is 0.929. The van der Waals surface area contributed by atoms with Gasteiger partial charge < -0.3 is 10.6 Å². The molecule has 0 bridgehead atoms. The van der Waals surface area contributed by atoms with E-state index in [0.29, 0.717) is 12.3 Å². The predicted octanol–water partition coefficient (Wildman–Crippen LogP) is 1.50. The molecule has 0 aromatic heterocycles. The maximum atomic E-state index is 11.8. The van der Waals surface area contributed by atoms with Crippen molar-refractivity contribution in [2.75, 3.05) is 39.3 Å². The van der Waals surface area contributed by atoms with Crippen LogP contribution in [-0.4, -0.2) is 50.1 Å². The molecule has 0 aromatic carbocycles. The van der Waals surface area contributed by atoms with Gasteiger partial charge in [0, 0.05) is 45.7 Å². The van der Waals surface area contributed by atoms with Crippen molar-refractivity contribution in [3.63, 3.8) is 0 Å².